The summed E-state index contributed by atoms with van der Waals surface area (Å²) in [6.07, 6.45) is 1.72. The van der Waals surface area contributed by atoms with E-state index < -0.39 is 17.0 Å². The summed E-state index contributed by atoms with van der Waals surface area (Å²) >= 11 is 4.36. The monoisotopic (exact) mass is 277 g/mol. The molecule has 14 heavy (non-hydrogen) atoms. The van der Waals surface area contributed by atoms with Crippen LogP contribution in [0.2, 0.25) is 0 Å². The first-order valence-electron chi connectivity index (χ1n) is 3.83. The lowest BCUT2D eigenvalue weighted by Crippen LogP contribution is -2.19. The SMILES string of the molecule is CS[C@@H](C(N)=O)c1ccc(Br)cc1F. The van der Waals surface area contributed by atoms with Crippen LogP contribution in [0.5, 0.6) is 0 Å². The maximum absolute atomic E-state index is 13.4. The normalized spacial score (nSPS) is 12.5. The van der Waals surface area contributed by atoms with Crippen LogP contribution in [0.15, 0.2) is 22.7 Å². The number of hydrogen-bond donors (Lipinski definition) is 1. The molecule has 0 heterocycles. The Morgan fingerprint density at radius 1 is 1.64 bits per heavy atom. The van der Waals surface area contributed by atoms with Crippen molar-refractivity contribution in [2.45, 2.75) is 5.25 Å². The van der Waals surface area contributed by atoms with Gasteiger partial charge in [0.15, 0.2) is 0 Å². The summed E-state index contributed by atoms with van der Waals surface area (Å²) in [6.45, 7) is 0. The van der Waals surface area contributed by atoms with Crippen LogP contribution < -0.4 is 5.73 Å². The first kappa shape index (κ1) is 11.5. The molecule has 1 amide bonds. The molecule has 2 N–H and O–H groups in total. The van der Waals surface area contributed by atoms with Crippen molar-refractivity contribution < 1.29 is 9.18 Å². The molecular formula is C9H9BrFNOS. The van der Waals surface area contributed by atoms with Crippen LogP contribution in [-0.4, -0.2) is 12.2 Å². The molecule has 0 aliphatic heterocycles. The first-order chi connectivity index (χ1) is 6.56. The third-order valence-corrected chi connectivity index (χ3v) is 3.19. The van der Waals surface area contributed by atoms with Gasteiger partial charge in [-0.25, -0.2) is 4.39 Å². The van der Waals surface area contributed by atoms with Gasteiger partial charge in [0, 0.05) is 10.0 Å². The van der Waals surface area contributed by atoms with Crippen molar-refractivity contribution in [3.8, 4) is 0 Å². The van der Waals surface area contributed by atoms with E-state index in [1.54, 1.807) is 18.4 Å². The number of benzene rings is 1. The largest absolute Gasteiger partial charge is 0.368 e. The highest BCUT2D eigenvalue weighted by Gasteiger charge is 2.19. The molecule has 5 heteroatoms. The number of rotatable bonds is 3. The first-order valence-corrected chi connectivity index (χ1v) is 5.91. The molecule has 1 rings (SSSR count). The molecule has 0 radical (unpaired) electrons. The number of carbonyl (C=O) groups excluding carboxylic acids is 1. The van der Waals surface area contributed by atoms with Gasteiger partial charge in [-0.05, 0) is 18.4 Å². The number of halogens is 2. The van der Waals surface area contributed by atoms with Crippen LogP contribution in [0.1, 0.15) is 10.8 Å². The van der Waals surface area contributed by atoms with Gasteiger partial charge in [0.2, 0.25) is 5.91 Å². The molecule has 2 nitrogen and oxygen atoms in total. The van der Waals surface area contributed by atoms with Crippen molar-refractivity contribution in [1.82, 2.24) is 0 Å². The maximum atomic E-state index is 13.4. The van der Waals surface area contributed by atoms with Crippen molar-refractivity contribution in [2.75, 3.05) is 6.26 Å². The lowest BCUT2D eigenvalue weighted by atomic mass is 10.1. The second kappa shape index (κ2) is 4.79. The van der Waals surface area contributed by atoms with Crippen LogP contribution in [-0.2, 0) is 4.79 Å². The molecule has 0 bridgehead atoms. The van der Waals surface area contributed by atoms with Gasteiger partial charge in [0.05, 0.1) is 0 Å². The number of amides is 1. The zero-order valence-corrected chi connectivity index (χ0v) is 9.86. The van der Waals surface area contributed by atoms with E-state index in [0.29, 0.717) is 10.0 Å². The summed E-state index contributed by atoms with van der Waals surface area (Å²) in [7, 11) is 0. The second-order valence-corrected chi connectivity index (χ2v) is 4.54. The highest BCUT2D eigenvalue weighted by Crippen LogP contribution is 2.29. The summed E-state index contributed by atoms with van der Waals surface area (Å²) in [5, 5.41) is -0.622. The molecular weight excluding hydrogens is 269 g/mol. The molecule has 0 spiro atoms. The zero-order chi connectivity index (χ0) is 10.7. The maximum Gasteiger partial charge on any atom is 0.235 e. The van der Waals surface area contributed by atoms with Gasteiger partial charge in [0.1, 0.15) is 11.1 Å². The lowest BCUT2D eigenvalue weighted by molar-refractivity contribution is -0.117. The fourth-order valence-electron chi connectivity index (χ4n) is 1.11. The third-order valence-electron chi connectivity index (χ3n) is 1.74. The minimum Gasteiger partial charge on any atom is -0.368 e. The Morgan fingerprint density at radius 2 is 2.29 bits per heavy atom. The molecule has 76 valence electrons. The highest BCUT2D eigenvalue weighted by atomic mass is 79.9. The van der Waals surface area contributed by atoms with Gasteiger partial charge in [-0.3, -0.25) is 4.79 Å². The standard InChI is InChI=1S/C9H9BrFNOS/c1-14-8(9(12)13)6-3-2-5(10)4-7(6)11/h2-4,8H,1H3,(H2,12,13)/t8-/m1/s1. The molecule has 0 saturated heterocycles. The Bertz CT molecular complexity index is 359. The molecule has 1 atom stereocenters. The van der Waals surface area contributed by atoms with Crippen molar-refractivity contribution in [2.24, 2.45) is 5.73 Å². The molecule has 0 fully saturated rings. The smallest absolute Gasteiger partial charge is 0.235 e. The zero-order valence-electron chi connectivity index (χ0n) is 7.46. The summed E-state index contributed by atoms with van der Waals surface area (Å²) in [5.74, 6) is -0.948. The Morgan fingerprint density at radius 3 is 2.71 bits per heavy atom. The van der Waals surface area contributed by atoms with Crippen LogP contribution in [0.3, 0.4) is 0 Å². The van der Waals surface area contributed by atoms with E-state index in [1.807, 2.05) is 0 Å². The van der Waals surface area contributed by atoms with E-state index in [-0.39, 0.29) is 0 Å². The number of primary amides is 1. The molecule has 0 aliphatic rings. The highest BCUT2D eigenvalue weighted by molar-refractivity contribution is 9.10. The molecule has 1 aromatic rings. The van der Waals surface area contributed by atoms with Crippen LogP contribution in [0.4, 0.5) is 4.39 Å². The predicted octanol–water partition coefficient (Wildman–Crippen LogP) is 2.48. The number of nitrogens with two attached hydrogens (primary N) is 1. The van der Waals surface area contributed by atoms with Crippen LogP contribution in [0.25, 0.3) is 0 Å². The van der Waals surface area contributed by atoms with E-state index >= 15 is 0 Å². The number of hydrogen-bond acceptors (Lipinski definition) is 2. The van der Waals surface area contributed by atoms with E-state index in [1.165, 1.54) is 17.8 Å². The van der Waals surface area contributed by atoms with Crippen LogP contribution in [0, 0.1) is 5.82 Å². The topological polar surface area (TPSA) is 43.1 Å². The third kappa shape index (κ3) is 2.48. The molecule has 0 saturated carbocycles. The Kier molecular flexibility index (Phi) is 3.95. The fraction of sp³-hybridized carbons (Fsp3) is 0.222. The lowest BCUT2D eigenvalue weighted by Gasteiger charge is -2.11. The van der Waals surface area contributed by atoms with Gasteiger partial charge >= 0.3 is 0 Å². The number of carbonyl (C=O) groups is 1. The molecule has 0 aromatic heterocycles. The molecule has 1 aromatic carbocycles. The van der Waals surface area contributed by atoms with E-state index in [9.17, 15) is 9.18 Å². The fourth-order valence-corrected chi connectivity index (χ4v) is 2.12. The van der Waals surface area contributed by atoms with E-state index in [4.69, 9.17) is 5.73 Å². The summed E-state index contributed by atoms with van der Waals surface area (Å²) in [5.41, 5.74) is 5.48. The Labute approximate surface area is 94.2 Å². The van der Waals surface area contributed by atoms with Gasteiger partial charge in [-0.1, -0.05) is 22.0 Å². The van der Waals surface area contributed by atoms with Gasteiger partial charge < -0.3 is 5.73 Å². The summed E-state index contributed by atoms with van der Waals surface area (Å²) in [4.78, 5) is 11.0. The average Bonchev–Trinajstić information content (AvgIpc) is 2.09. The summed E-state index contributed by atoms with van der Waals surface area (Å²) < 4.78 is 14.0. The Hall–Kier alpha value is -0.550. The van der Waals surface area contributed by atoms with Crippen molar-refractivity contribution in [1.29, 1.82) is 0 Å². The minimum absolute atomic E-state index is 0.327. The van der Waals surface area contributed by atoms with Crippen LogP contribution >= 0.6 is 27.7 Å². The average molecular weight is 278 g/mol. The van der Waals surface area contributed by atoms with E-state index in [0.717, 1.165) is 0 Å². The number of thioether (sulfide) groups is 1. The Balaban J connectivity index is 3.10. The van der Waals surface area contributed by atoms with Crippen molar-refractivity contribution in [3.63, 3.8) is 0 Å². The summed E-state index contributed by atoms with van der Waals surface area (Å²) in [6, 6.07) is 4.57. The molecule has 0 aliphatic carbocycles. The van der Waals surface area contributed by atoms with Crippen molar-refractivity contribution >= 4 is 33.6 Å². The van der Waals surface area contributed by atoms with Gasteiger partial charge in [-0.2, -0.15) is 0 Å². The second-order valence-electron chi connectivity index (χ2n) is 2.68. The van der Waals surface area contributed by atoms with Gasteiger partial charge in [-0.15, -0.1) is 11.8 Å². The molecule has 0 unspecified atom stereocenters. The quantitative estimate of drug-likeness (QED) is 0.923. The van der Waals surface area contributed by atoms with Gasteiger partial charge in [0.25, 0.3) is 0 Å². The predicted molar refractivity (Wildman–Crippen MR) is 59.6 cm³/mol. The van der Waals surface area contributed by atoms with Crippen molar-refractivity contribution in [3.05, 3.63) is 34.1 Å². The minimum atomic E-state index is -0.622. The van der Waals surface area contributed by atoms with E-state index in [2.05, 4.69) is 15.9 Å².